The molecular weight excluding hydrogens is 378 g/mol. The number of halogens is 1. The number of nitrogens with zero attached hydrogens (tertiary/aromatic N) is 3. The van der Waals surface area contributed by atoms with Gasteiger partial charge in [0.15, 0.2) is 0 Å². The molecule has 0 aliphatic carbocycles. The van der Waals surface area contributed by atoms with Crippen molar-refractivity contribution < 1.29 is 9.53 Å². The molecule has 0 fully saturated rings. The van der Waals surface area contributed by atoms with E-state index >= 15 is 0 Å². The molecule has 1 amide bonds. The van der Waals surface area contributed by atoms with Crippen LogP contribution >= 0.6 is 11.6 Å². The van der Waals surface area contributed by atoms with E-state index in [1.807, 2.05) is 6.07 Å². The van der Waals surface area contributed by atoms with Crippen molar-refractivity contribution in [3.63, 3.8) is 0 Å². The molecule has 0 saturated carbocycles. The second kappa shape index (κ2) is 8.37. The Morgan fingerprint density at radius 1 is 1.11 bits per heavy atom. The minimum atomic E-state index is -0.383. The molecule has 28 heavy (non-hydrogen) atoms. The maximum absolute atomic E-state index is 12.5. The first-order valence-corrected chi connectivity index (χ1v) is 8.64. The third-order valence-electron chi connectivity index (χ3n) is 3.77. The average Bonchev–Trinajstić information content (AvgIpc) is 2.68. The number of hydrogen-bond acceptors (Lipinski definition) is 6. The minimum Gasteiger partial charge on any atom is -0.495 e. The lowest BCUT2D eigenvalue weighted by Crippen LogP contribution is -2.15. The molecule has 7 nitrogen and oxygen atoms in total. The fourth-order valence-corrected chi connectivity index (χ4v) is 2.72. The van der Waals surface area contributed by atoms with Crippen LogP contribution < -0.4 is 15.4 Å². The van der Waals surface area contributed by atoms with Gasteiger partial charge in [0.05, 0.1) is 23.8 Å². The van der Waals surface area contributed by atoms with Crippen LogP contribution in [0.15, 0.2) is 48.5 Å². The second-order valence-corrected chi connectivity index (χ2v) is 6.21. The van der Waals surface area contributed by atoms with Gasteiger partial charge in [-0.05, 0) is 49.4 Å². The summed E-state index contributed by atoms with van der Waals surface area (Å²) >= 11 is 6.14. The van der Waals surface area contributed by atoms with Gasteiger partial charge in [-0.1, -0.05) is 11.6 Å². The van der Waals surface area contributed by atoms with Gasteiger partial charge >= 0.3 is 0 Å². The summed E-state index contributed by atoms with van der Waals surface area (Å²) in [5.41, 5.74) is 1.98. The molecule has 1 aromatic heterocycles. The lowest BCUT2D eigenvalue weighted by molar-refractivity contribution is 0.102. The number of carbonyl (C=O) groups excluding carboxylic acids is 1. The molecule has 0 bridgehead atoms. The number of amides is 1. The fourth-order valence-electron chi connectivity index (χ4n) is 2.46. The Hall–Kier alpha value is -3.63. The quantitative estimate of drug-likeness (QED) is 0.669. The van der Waals surface area contributed by atoms with Crippen LogP contribution in [0.3, 0.4) is 0 Å². The van der Waals surface area contributed by atoms with Crippen molar-refractivity contribution in [3.05, 3.63) is 70.6 Å². The number of ether oxygens (including phenoxy) is 1. The normalized spacial score (nSPS) is 10.1. The third-order valence-corrected chi connectivity index (χ3v) is 4.06. The van der Waals surface area contributed by atoms with Crippen molar-refractivity contribution in [3.8, 4) is 11.8 Å². The van der Waals surface area contributed by atoms with Crippen molar-refractivity contribution in [1.82, 2.24) is 9.97 Å². The Kier molecular flexibility index (Phi) is 5.72. The number of rotatable bonds is 5. The van der Waals surface area contributed by atoms with Crippen molar-refractivity contribution in [1.29, 1.82) is 5.26 Å². The minimum absolute atomic E-state index is 0.207. The number of methoxy groups -OCH3 is 1. The summed E-state index contributed by atoms with van der Waals surface area (Å²) in [5, 5.41) is 15.1. The van der Waals surface area contributed by atoms with Gasteiger partial charge in [0, 0.05) is 17.4 Å². The van der Waals surface area contributed by atoms with Crippen LogP contribution in [0, 0.1) is 18.3 Å². The Morgan fingerprint density at radius 3 is 2.46 bits per heavy atom. The third kappa shape index (κ3) is 4.55. The summed E-state index contributed by atoms with van der Waals surface area (Å²) in [5.74, 6) is 1.08. The highest BCUT2D eigenvalue weighted by molar-refractivity contribution is 6.32. The van der Waals surface area contributed by atoms with E-state index in [1.165, 1.54) is 0 Å². The first kappa shape index (κ1) is 19.1. The summed E-state index contributed by atoms with van der Waals surface area (Å²) in [4.78, 5) is 21.0. The molecule has 1 heterocycles. The molecule has 0 radical (unpaired) electrons. The molecule has 8 heteroatoms. The van der Waals surface area contributed by atoms with Crippen LogP contribution in [-0.4, -0.2) is 23.0 Å². The molecule has 0 unspecified atom stereocenters. The lowest BCUT2D eigenvalue weighted by Gasteiger charge is -2.10. The average molecular weight is 394 g/mol. The largest absolute Gasteiger partial charge is 0.495 e. The van der Waals surface area contributed by atoms with Crippen LogP contribution in [0.1, 0.15) is 21.9 Å². The van der Waals surface area contributed by atoms with Gasteiger partial charge in [0.2, 0.25) is 0 Å². The van der Waals surface area contributed by atoms with E-state index in [0.717, 1.165) is 0 Å². The number of aromatic nitrogens is 2. The summed E-state index contributed by atoms with van der Waals surface area (Å²) in [6.45, 7) is 1.70. The highest BCUT2D eigenvalue weighted by atomic mass is 35.5. The van der Waals surface area contributed by atoms with Gasteiger partial charge in [-0.3, -0.25) is 4.79 Å². The van der Waals surface area contributed by atoms with Crippen molar-refractivity contribution in [2.75, 3.05) is 17.7 Å². The maximum atomic E-state index is 12.5. The van der Waals surface area contributed by atoms with Crippen molar-refractivity contribution >= 4 is 34.7 Å². The van der Waals surface area contributed by atoms with Crippen LogP contribution in [0.4, 0.5) is 17.2 Å². The zero-order valence-corrected chi connectivity index (χ0v) is 15.9. The molecule has 0 saturated heterocycles. The van der Waals surface area contributed by atoms with E-state index in [9.17, 15) is 4.79 Å². The first-order valence-electron chi connectivity index (χ1n) is 8.26. The van der Waals surface area contributed by atoms with E-state index in [0.29, 0.717) is 39.4 Å². The molecule has 0 aliphatic heterocycles. The molecule has 3 aromatic rings. The molecule has 2 aromatic carbocycles. The number of benzene rings is 2. The van der Waals surface area contributed by atoms with Gasteiger partial charge in [-0.15, -0.1) is 0 Å². The molecule has 0 aliphatic rings. The second-order valence-electron chi connectivity index (χ2n) is 5.80. The van der Waals surface area contributed by atoms with E-state index in [1.54, 1.807) is 62.6 Å². The standard InChI is InChI=1S/C20H16ClN5O2/c1-12-23-17(20(27)26-14-5-3-13(11-22)4-6-14)10-19(24-12)25-15-7-8-18(28-2)16(21)9-15/h3-10H,1-2H3,(H,26,27)(H,23,24,25). The van der Waals surface area contributed by atoms with Crippen LogP contribution in [0.5, 0.6) is 5.75 Å². The maximum Gasteiger partial charge on any atom is 0.274 e. The Morgan fingerprint density at radius 2 is 1.82 bits per heavy atom. The van der Waals surface area contributed by atoms with E-state index in [2.05, 4.69) is 20.6 Å². The molecular formula is C20H16ClN5O2. The molecule has 0 atom stereocenters. The zero-order valence-electron chi connectivity index (χ0n) is 15.2. The van der Waals surface area contributed by atoms with Gasteiger partial charge in [-0.2, -0.15) is 5.26 Å². The number of nitrogens with one attached hydrogen (secondary N) is 2. The summed E-state index contributed by atoms with van der Waals surface area (Å²) < 4.78 is 5.13. The van der Waals surface area contributed by atoms with Crippen molar-refractivity contribution in [2.45, 2.75) is 6.92 Å². The van der Waals surface area contributed by atoms with Gasteiger partial charge in [0.25, 0.3) is 5.91 Å². The van der Waals surface area contributed by atoms with Crippen molar-refractivity contribution in [2.24, 2.45) is 0 Å². The van der Waals surface area contributed by atoms with E-state index < -0.39 is 0 Å². The molecule has 140 valence electrons. The Balaban J connectivity index is 1.79. The van der Waals surface area contributed by atoms with Crippen LogP contribution in [-0.2, 0) is 0 Å². The van der Waals surface area contributed by atoms with Gasteiger partial charge < -0.3 is 15.4 Å². The van der Waals surface area contributed by atoms with Crippen LogP contribution in [0.25, 0.3) is 0 Å². The Labute approximate surface area is 167 Å². The predicted octanol–water partition coefficient (Wildman–Crippen LogP) is 4.31. The highest BCUT2D eigenvalue weighted by Gasteiger charge is 2.12. The van der Waals surface area contributed by atoms with Gasteiger partial charge in [0.1, 0.15) is 23.1 Å². The highest BCUT2D eigenvalue weighted by Crippen LogP contribution is 2.28. The smallest absolute Gasteiger partial charge is 0.274 e. The number of aryl methyl sites for hydroxylation is 1. The van der Waals surface area contributed by atoms with E-state index in [4.69, 9.17) is 21.6 Å². The fraction of sp³-hybridized carbons (Fsp3) is 0.100. The number of carbonyl (C=O) groups is 1. The first-order chi connectivity index (χ1) is 13.5. The summed E-state index contributed by atoms with van der Waals surface area (Å²) in [6.07, 6.45) is 0. The van der Waals surface area contributed by atoms with Crippen LogP contribution in [0.2, 0.25) is 5.02 Å². The number of hydrogen-bond donors (Lipinski definition) is 2. The Bertz CT molecular complexity index is 1060. The number of nitriles is 1. The summed E-state index contributed by atoms with van der Waals surface area (Å²) in [7, 11) is 1.54. The lowest BCUT2D eigenvalue weighted by atomic mass is 10.2. The molecule has 2 N–H and O–H groups in total. The SMILES string of the molecule is COc1ccc(Nc2cc(C(=O)Nc3ccc(C#N)cc3)nc(C)n2)cc1Cl. The number of anilines is 3. The summed E-state index contributed by atoms with van der Waals surface area (Å²) in [6, 6.07) is 15.4. The topological polar surface area (TPSA) is 99.9 Å². The monoisotopic (exact) mass is 393 g/mol. The van der Waals surface area contributed by atoms with Gasteiger partial charge in [-0.25, -0.2) is 9.97 Å². The zero-order chi connectivity index (χ0) is 20.1. The molecule has 3 rings (SSSR count). The molecule has 0 spiro atoms. The predicted molar refractivity (Wildman–Crippen MR) is 107 cm³/mol. The van der Waals surface area contributed by atoms with E-state index in [-0.39, 0.29) is 11.6 Å².